The highest BCUT2D eigenvalue weighted by atomic mass is 16.5. The second-order valence-electron chi connectivity index (χ2n) is 3.47. The minimum absolute atomic E-state index is 0.135. The number of hydrogen-bond donors (Lipinski definition) is 2. The summed E-state index contributed by atoms with van der Waals surface area (Å²) in [5, 5.41) is 9.99. The van der Waals surface area contributed by atoms with Gasteiger partial charge in [-0.25, -0.2) is 0 Å². The molecule has 1 aromatic heterocycles. The Morgan fingerprint density at radius 2 is 2.33 bits per heavy atom. The van der Waals surface area contributed by atoms with Gasteiger partial charge in [0.15, 0.2) is 5.69 Å². The SMILES string of the molecule is CCOC(=O)CCNC(=O)c1cn(CCN)nn1. The summed E-state index contributed by atoms with van der Waals surface area (Å²) >= 11 is 0. The van der Waals surface area contributed by atoms with Crippen molar-refractivity contribution in [2.75, 3.05) is 19.7 Å². The predicted molar refractivity (Wildman–Crippen MR) is 62.7 cm³/mol. The van der Waals surface area contributed by atoms with Crippen LogP contribution in [0.4, 0.5) is 0 Å². The first kappa shape index (κ1) is 14.1. The van der Waals surface area contributed by atoms with Crippen molar-refractivity contribution in [3.05, 3.63) is 11.9 Å². The number of nitrogens with two attached hydrogens (primary N) is 1. The van der Waals surface area contributed by atoms with Gasteiger partial charge in [0.2, 0.25) is 0 Å². The molecule has 0 saturated carbocycles. The highest BCUT2D eigenvalue weighted by molar-refractivity contribution is 5.92. The van der Waals surface area contributed by atoms with Crippen molar-refractivity contribution >= 4 is 11.9 Å². The third-order valence-corrected chi connectivity index (χ3v) is 2.05. The van der Waals surface area contributed by atoms with Crippen molar-refractivity contribution in [3.8, 4) is 0 Å². The number of nitrogens with one attached hydrogen (secondary N) is 1. The monoisotopic (exact) mass is 255 g/mol. The maximum Gasteiger partial charge on any atom is 0.307 e. The van der Waals surface area contributed by atoms with Crippen molar-refractivity contribution in [1.29, 1.82) is 0 Å². The lowest BCUT2D eigenvalue weighted by Crippen LogP contribution is -2.26. The molecule has 100 valence electrons. The number of hydrogen-bond acceptors (Lipinski definition) is 6. The van der Waals surface area contributed by atoms with Gasteiger partial charge in [-0.1, -0.05) is 5.21 Å². The topological polar surface area (TPSA) is 112 Å². The quantitative estimate of drug-likeness (QED) is 0.599. The minimum Gasteiger partial charge on any atom is -0.466 e. The molecule has 1 rings (SSSR count). The summed E-state index contributed by atoms with van der Waals surface area (Å²) in [6.45, 7) is 3.20. The zero-order valence-corrected chi connectivity index (χ0v) is 10.3. The zero-order chi connectivity index (χ0) is 13.4. The average molecular weight is 255 g/mol. The summed E-state index contributed by atoms with van der Waals surface area (Å²) in [6, 6.07) is 0. The molecule has 0 bridgehead atoms. The Bertz CT molecular complexity index is 404. The van der Waals surface area contributed by atoms with Crippen molar-refractivity contribution in [2.24, 2.45) is 5.73 Å². The first-order chi connectivity index (χ1) is 8.67. The second-order valence-corrected chi connectivity index (χ2v) is 3.47. The zero-order valence-electron chi connectivity index (χ0n) is 10.3. The van der Waals surface area contributed by atoms with E-state index >= 15 is 0 Å². The maximum atomic E-state index is 11.6. The molecule has 1 aromatic rings. The van der Waals surface area contributed by atoms with Crippen LogP contribution in [0.25, 0.3) is 0 Å². The van der Waals surface area contributed by atoms with Gasteiger partial charge in [0.1, 0.15) is 0 Å². The van der Waals surface area contributed by atoms with Crippen molar-refractivity contribution in [2.45, 2.75) is 19.9 Å². The van der Waals surface area contributed by atoms with Crippen LogP contribution in [-0.2, 0) is 16.1 Å². The molecule has 0 aliphatic rings. The maximum absolute atomic E-state index is 11.6. The highest BCUT2D eigenvalue weighted by Gasteiger charge is 2.10. The first-order valence-corrected chi connectivity index (χ1v) is 5.71. The van der Waals surface area contributed by atoms with Gasteiger partial charge in [-0.05, 0) is 6.92 Å². The molecule has 0 spiro atoms. The molecule has 1 amide bonds. The summed E-state index contributed by atoms with van der Waals surface area (Å²) in [5.74, 6) is -0.716. The van der Waals surface area contributed by atoms with E-state index in [9.17, 15) is 9.59 Å². The van der Waals surface area contributed by atoms with Crippen molar-refractivity contribution < 1.29 is 14.3 Å². The van der Waals surface area contributed by atoms with E-state index in [4.69, 9.17) is 10.5 Å². The summed E-state index contributed by atoms with van der Waals surface area (Å²) < 4.78 is 6.22. The molecule has 0 fully saturated rings. The Hall–Kier alpha value is -1.96. The summed E-state index contributed by atoms with van der Waals surface area (Å²) in [5.41, 5.74) is 5.55. The van der Waals surface area contributed by atoms with Crippen molar-refractivity contribution in [1.82, 2.24) is 20.3 Å². The minimum atomic E-state index is -0.373. The van der Waals surface area contributed by atoms with E-state index in [1.807, 2.05) is 0 Å². The van der Waals surface area contributed by atoms with Gasteiger partial charge in [0.05, 0.1) is 25.8 Å². The Morgan fingerprint density at radius 3 is 3.00 bits per heavy atom. The smallest absolute Gasteiger partial charge is 0.307 e. The molecule has 0 radical (unpaired) electrons. The van der Waals surface area contributed by atoms with Gasteiger partial charge in [-0.15, -0.1) is 5.10 Å². The molecule has 0 aliphatic carbocycles. The van der Waals surface area contributed by atoms with E-state index < -0.39 is 0 Å². The normalized spacial score (nSPS) is 10.1. The fraction of sp³-hybridized carbons (Fsp3) is 0.600. The second kappa shape index (κ2) is 7.38. The number of nitrogens with zero attached hydrogens (tertiary/aromatic N) is 3. The van der Waals surface area contributed by atoms with E-state index in [2.05, 4.69) is 15.6 Å². The van der Waals surface area contributed by atoms with Crippen LogP contribution in [-0.4, -0.2) is 46.6 Å². The van der Waals surface area contributed by atoms with Crippen LogP contribution in [0.15, 0.2) is 6.20 Å². The molecule has 3 N–H and O–H groups in total. The van der Waals surface area contributed by atoms with Gasteiger partial charge < -0.3 is 15.8 Å². The highest BCUT2D eigenvalue weighted by Crippen LogP contribution is 1.93. The Balaban J connectivity index is 2.33. The lowest BCUT2D eigenvalue weighted by Gasteiger charge is -2.02. The van der Waals surface area contributed by atoms with Crippen LogP contribution in [0.3, 0.4) is 0 Å². The molecule has 0 saturated heterocycles. The first-order valence-electron chi connectivity index (χ1n) is 5.71. The number of rotatable bonds is 7. The summed E-state index contributed by atoms with van der Waals surface area (Å²) in [7, 11) is 0. The van der Waals surface area contributed by atoms with Gasteiger partial charge in [-0.2, -0.15) is 0 Å². The molecule has 8 nitrogen and oxygen atoms in total. The van der Waals surface area contributed by atoms with E-state index in [0.29, 0.717) is 19.7 Å². The van der Waals surface area contributed by atoms with Crippen LogP contribution >= 0.6 is 0 Å². The van der Waals surface area contributed by atoms with Crippen LogP contribution in [0, 0.1) is 0 Å². The van der Waals surface area contributed by atoms with Crippen LogP contribution in [0.5, 0.6) is 0 Å². The van der Waals surface area contributed by atoms with E-state index in [-0.39, 0.29) is 30.5 Å². The van der Waals surface area contributed by atoms with Crippen molar-refractivity contribution in [3.63, 3.8) is 0 Å². The standard InChI is InChI=1S/C10H17N5O3/c1-2-18-9(16)3-5-12-10(17)8-7-15(6-4-11)14-13-8/h7H,2-6,11H2,1H3,(H,12,17). The Labute approximate surface area is 104 Å². The number of esters is 1. The molecular formula is C10H17N5O3. The predicted octanol–water partition coefficient (Wildman–Crippen LogP) is -1.08. The molecule has 0 unspecified atom stereocenters. The van der Waals surface area contributed by atoms with Crippen LogP contribution in [0.1, 0.15) is 23.8 Å². The Kier molecular flexibility index (Phi) is 5.78. The van der Waals surface area contributed by atoms with E-state index in [1.54, 1.807) is 6.92 Å². The number of amides is 1. The van der Waals surface area contributed by atoms with Gasteiger partial charge in [-0.3, -0.25) is 14.3 Å². The summed E-state index contributed by atoms with van der Waals surface area (Å²) in [6.07, 6.45) is 1.64. The molecule has 8 heteroatoms. The number of aromatic nitrogens is 3. The van der Waals surface area contributed by atoms with E-state index in [1.165, 1.54) is 10.9 Å². The summed E-state index contributed by atoms with van der Waals surface area (Å²) in [4.78, 5) is 22.6. The fourth-order valence-electron chi connectivity index (χ4n) is 1.25. The molecule has 1 heterocycles. The third kappa shape index (κ3) is 4.50. The average Bonchev–Trinajstić information content (AvgIpc) is 2.78. The molecule has 18 heavy (non-hydrogen) atoms. The van der Waals surface area contributed by atoms with Crippen LogP contribution < -0.4 is 11.1 Å². The van der Waals surface area contributed by atoms with Gasteiger partial charge in [0.25, 0.3) is 5.91 Å². The lowest BCUT2D eigenvalue weighted by molar-refractivity contribution is -0.142. The largest absolute Gasteiger partial charge is 0.466 e. The lowest BCUT2D eigenvalue weighted by atomic mass is 10.4. The number of ether oxygens (including phenoxy) is 1. The number of carbonyl (C=O) groups excluding carboxylic acids is 2. The van der Waals surface area contributed by atoms with Gasteiger partial charge >= 0.3 is 5.97 Å². The molecule has 0 aliphatic heterocycles. The molecule has 0 atom stereocenters. The Morgan fingerprint density at radius 1 is 1.56 bits per heavy atom. The van der Waals surface area contributed by atoms with E-state index in [0.717, 1.165) is 0 Å². The molecule has 0 aromatic carbocycles. The van der Waals surface area contributed by atoms with Crippen LogP contribution in [0.2, 0.25) is 0 Å². The number of carbonyl (C=O) groups is 2. The third-order valence-electron chi connectivity index (χ3n) is 2.05. The van der Waals surface area contributed by atoms with Gasteiger partial charge in [0, 0.05) is 13.1 Å². The molecular weight excluding hydrogens is 238 g/mol. The fourth-order valence-corrected chi connectivity index (χ4v) is 1.25.